The van der Waals surface area contributed by atoms with Crippen LogP contribution in [0, 0.1) is 0 Å². The van der Waals surface area contributed by atoms with Gasteiger partial charge in [-0.15, -0.1) is 0 Å². The molecule has 12 heteroatoms. The second kappa shape index (κ2) is 8.89. The Kier molecular flexibility index (Phi) is 7.28. The van der Waals surface area contributed by atoms with E-state index in [4.69, 9.17) is 0 Å². The molecular formula is C15H30B2N4O6. The van der Waals surface area contributed by atoms with E-state index in [1.54, 1.807) is 32.3 Å². The second-order valence-electron chi connectivity index (χ2n) is 7.81. The van der Waals surface area contributed by atoms with Crippen molar-refractivity contribution in [2.24, 2.45) is 0 Å². The molecule has 27 heavy (non-hydrogen) atoms. The van der Waals surface area contributed by atoms with Crippen LogP contribution in [0.2, 0.25) is 13.6 Å². The van der Waals surface area contributed by atoms with Crippen molar-refractivity contribution in [2.75, 3.05) is 39.3 Å². The fourth-order valence-corrected chi connectivity index (χ4v) is 3.36. The predicted octanol–water partition coefficient (Wildman–Crippen LogP) is -2.10. The molecule has 0 bridgehead atoms. The van der Waals surface area contributed by atoms with E-state index in [1.165, 1.54) is 4.90 Å². The maximum absolute atomic E-state index is 11.2. The zero-order chi connectivity index (χ0) is 20.4. The molecule has 3 aliphatic rings. The molecule has 0 radical (unpaired) electrons. The molecule has 2 atom stereocenters. The van der Waals surface area contributed by atoms with Crippen LogP contribution in [0.25, 0.3) is 0 Å². The molecule has 152 valence electrons. The lowest BCUT2D eigenvalue weighted by atomic mass is 9.82. The van der Waals surface area contributed by atoms with Gasteiger partial charge in [-0.3, -0.25) is 4.90 Å². The van der Waals surface area contributed by atoms with Crippen molar-refractivity contribution in [1.29, 1.82) is 0 Å². The fraction of sp³-hybridized carbons (Fsp3) is 0.867. The van der Waals surface area contributed by atoms with Gasteiger partial charge in [-0.1, -0.05) is 0 Å². The first-order valence-corrected chi connectivity index (χ1v) is 9.33. The Morgan fingerprint density at radius 2 is 1.67 bits per heavy atom. The molecule has 4 N–H and O–H groups in total. The Morgan fingerprint density at radius 1 is 1.07 bits per heavy atom. The summed E-state index contributed by atoms with van der Waals surface area (Å²) in [5, 5.41) is 31.7. The first-order chi connectivity index (χ1) is 12.5. The van der Waals surface area contributed by atoms with Crippen LogP contribution in [-0.2, 0) is 9.53 Å². The molecule has 3 fully saturated rings. The monoisotopic (exact) mass is 384 g/mol. The van der Waals surface area contributed by atoms with Gasteiger partial charge in [-0.25, -0.2) is 9.59 Å². The number of carbonyl (C=O) groups excluding carboxylic acids is 2. The van der Waals surface area contributed by atoms with Gasteiger partial charge in [0, 0.05) is 45.3 Å². The molecule has 10 nitrogen and oxygen atoms in total. The Bertz CT molecular complexity index is 545. The molecule has 0 spiro atoms. The maximum Gasteiger partial charge on any atom is 0.418 e. The number of ether oxygens (including phenoxy) is 1. The van der Waals surface area contributed by atoms with E-state index in [2.05, 4.69) is 10.1 Å². The highest BCUT2D eigenvalue weighted by molar-refractivity contribution is 6.45. The van der Waals surface area contributed by atoms with Gasteiger partial charge in [0.15, 0.2) is 0 Å². The van der Waals surface area contributed by atoms with E-state index in [9.17, 15) is 24.7 Å². The van der Waals surface area contributed by atoms with E-state index in [1.807, 2.05) is 4.81 Å². The number of piperazine rings is 2. The first-order valence-electron chi connectivity index (χ1n) is 9.33. The van der Waals surface area contributed by atoms with Crippen LogP contribution >= 0.6 is 0 Å². The lowest BCUT2D eigenvalue weighted by Gasteiger charge is -2.40. The number of esters is 1. The summed E-state index contributed by atoms with van der Waals surface area (Å²) < 4.78 is 4.48. The lowest BCUT2D eigenvalue weighted by molar-refractivity contribution is -0.136. The molecule has 0 saturated carbocycles. The largest absolute Gasteiger partial charge is 0.437 e. The zero-order valence-corrected chi connectivity index (χ0v) is 16.5. The summed E-state index contributed by atoms with van der Waals surface area (Å²) in [7, 11) is -1.02. The third-order valence-corrected chi connectivity index (χ3v) is 5.22. The van der Waals surface area contributed by atoms with Crippen LogP contribution in [0.15, 0.2) is 0 Å². The number of nitrogens with zero attached hydrogens (tertiary/aromatic N) is 3. The van der Waals surface area contributed by atoms with Crippen molar-refractivity contribution in [3.05, 3.63) is 0 Å². The van der Waals surface area contributed by atoms with Crippen LogP contribution in [-0.4, -0.2) is 113 Å². The molecule has 0 aromatic carbocycles. The Labute approximate surface area is 160 Å². The summed E-state index contributed by atoms with van der Waals surface area (Å²) in [6.45, 7) is 10.7. The number of fused-ring (bicyclic) bond motifs is 1. The van der Waals surface area contributed by atoms with Gasteiger partial charge in [0.25, 0.3) is 0 Å². The quantitative estimate of drug-likeness (QED) is 0.246. The van der Waals surface area contributed by atoms with Gasteiger partial charge in [0.2, 0.25) is 0 Å². The third kappa shape index (κ3) is 5.66. The van der Waals surface area contributed by atoms with Crippen molar-refractivity contribution in [3.8, 4) is 0 Å². The molecule has 0 aromatic heterocycles. The molecule has 1 amide bonds. The van der Waals surface area contributed by atoms with Gasteiger partial charge in [0.05, 0.1) is 5.60 Å². The van der Waals surface area contributed by atoms with Gasteiger partial charge >= 0.3 is 26.2 Å². The van der Waals surface area contributed by atoms with Crippen molar-refractivity contribution >= 4 is 26.2 Å². The van der Waals surface area contributed by atoms with Gasteiger partial charge < -0.3 is 34.8 Å². The van der Waals surface area contributed by atoms with Gasteiger partial charge in [0.1, 0.15) is 6.04 Å². The summed E-state index contributed by atoms with van der Waals surface area (Å²) in [5.41, 5.74) is -0.729. The summed E-state index contributed by atoms with van der Waals surface area (Å²) in [6, 6.07) is -0.498. The normalized spacial score (nSPS) is 26.9. The first kappa shape index (κ1) is 22.1. The van der Waals surface area contributed by atoms with Gasteiger partial charge in [-0.2, -0.15) is 0 Å². The number of aliphatic hydroxyl groups is 1. The van der Waals surface area contributed by atoms with Crippen LogP contribution in [0.4, 0.5) is 4.79 Å². The summed E-state index contributed by atoms with van der Waals surface area (Å²) >= 11 is 0. The molecule has 0 aromatic rings. The number of hydrogen-bond donors (Lipinski definition) is 4. The lowest BCUT2D eigenvalue weighted by Crippen LogP contribution is -2.61. The van der Waals surface area contributed by atoms with Crippen LogP contribution in [0.5, 0.6) is 0 Å². The second-order valence-corrected chi connectivity index (χ2v) is 7.81. The Morgan fingerprint density at radius 3 is 2.22 bits per heavy atom. The number of nitrogens with one attached hydrogen (secondary N) is 1. The van der Waals surface area contributed by atoms with E-state index < -0.39 is 37.8 Å². The summed E-state index contributed by atoms with van der Waals surface area (Å²) in [5.74, 6) is -0.514. The SMILES string of the molecule is CB(O)N1CCN2C(=O)OC(=O)[C@H]2C1.CB(O)N1CCN[C@@H](C(C)(C)O)C1. The smallest absolute Gasteiger partial charge is 0.418 e. The number of amides is 1. The molecule has 3 aliphatic heterocycles. The number of cyclic esters (lactones) is 2. The van der Waals surface area contributed by atoms with Crippen molar-refractivity contribution < 1.29 is 29.5 Å². The third-order valence-electron chi connectivity index (χ3n) is 5.22. The number of hydrogen-bond acceptors (Lipinski definition) is 9. The summed E-state index contributed by atoms with van der Waals surface area (Å²) in [6.07, 6.45) is -0.565. The van der Waals surface area contributed by atoms with E-state index in [-0.39, 0.29) is 6.04 Å². The van der Waals surface area contributed by atoms with E-state index in [0.717, 1.165) is 13.1 Å². The van der Waals surface area contributed by atoms with Crippen LogP contribution in [0.3, 0.4) is 0 Å². The number of carbonyl (C=O) groups is 2. The minimum atomic E-state index is -0.729. The average molecular weight is 384 g/mol. The van der Waals surface area contributed by atoms with Crippen LogP contribution in [0.1, 0.15) is 13.8 Å². The standard InChI is InChI=1S/C8H19BN2O2.C7H11BN2O4/c1-8(2,12)7-6-11(9(3)13)5-4-10-7;1-8(13)9-2-3-10-5(4-9)6(11)14-7(10)12/h7,10,12-13H,4-6H2,1-3H3;5,13H,2-4H2,1H3/t7-;5-/m11/s1. The highest BCUT2D eigenvalue weighted by atomic mass is 16.6. The van der Waals surface area contributed by atoms with Gasteiger partial charge in [-0.05, 0) is 27.5 Å². The molecule has 3 saturated heterocycles. The molecule has 3 rings (SSSR count). The maximum atomic E-state index is 11.2. The Balaban J connectivity index is 0.000000194. The summed E-state index contributed by atoms with van der Waals surface area (Å²) in [4.78, 5) is 27.4. The highest BCUT2D eigenvalue weighted by Gasteiger charge is 2.45. The molecule has 3 heterocycles. The fourth-order valence-electron chi connectivity index (χ4n) is 3.36. The Hall–Kier alpha value is -1.17. The average Bonchev–Trinajstić information content (AvgIpc) is 2.88. The van der Waals surface area contributed by atoms with Crippen LogP contribution < -0.4 is 5.32 Å². The zero-order valence-electron chi connectivity index (χ0n) is 16.5. The minimum Gasteiger partial charge on any atom is -0.437 e. The molecule has 0 aliphatic carbocycles. The topological polar surface area (TPSA) is 126 Å². The van der Waals surface area contributed by atoms with E-state index in [0.29, 0.717) is 26.2 Å². The highest BCUT2D eigenvalue weighted by Crippen LogP contribution is 2.19. The minimum absolute atomic E-state index is 0.0378. The van der Waals surface area contributed by atoms with Crippen molar-refractivity contribution in [2.45, 2.75) is 45.2 Å². The molecule has 0 unspecified atom stereocenters. The predicted molar refractivity (Wildman–Crippen MR) is 101 cm³/mol. The van der Waals surface area contributed by atoms with Crippen molar-refractivity contribution in [3.63, 3.8) is 0 Å². The van der Waals surface area contributed by atoms with E-state index >= 15 is 0 Å². The van der Waals surface area contributed by atoms with Crippen molar-refractivity contribution in [1.82, 2.24) is 19.8 Å². The number of rotatable bonds is 3. The molecular weight excluding hydrogens is 354 g/mol.